The molecule has 0 aromatic carbocycles. The van der Waals surface area contributed by atoms with E-state index in [1.165, 1.54) is 0 Å². The first kappa shape index (κ1) is 49.3. The Hall–Kier alpha value is 4.15. The van der Waals surface area contributed by atoms with Crippen molar-refractivity contribution in [2.45, 2.75) is 0 Å². The van der Waals surface area contributed by atoms with Crippen LogP contribution in [0.4, 0.5) is 0 Å². The fourth-order valence-corrected chi connectivity index (χ4v) is 0. The van der Waals surface area contributed by atoms with Crippen molar-refractivity contribution in [3.8, 4) is 0 Å². The molecular weight excluding hydrogens is 360 g/mol. The molecule has 0 saturated carbocycles. The van der Waals surface area contributed by atoms with Gasteiger partial charge < -0.3 is 0 Å². The van der Waals surface area contributed by atoms with Gasteiger partial charge in [0, 0.05) is 51.2 Å². The van der Waals surface area contributed by atoms with Crippen LogP contribution < -0.4 is 0 Å². The molecule has 4 radical (unpaired) electrons. The van der Waals surface area contributed by atoms with E-state index in [1.54, 1.807) is 0 Å². The van der Waals surface area contributed by atoms with Crippen LogP contribution in [0.5, 0.6) is 0 Å². The standard InChI is InChI=1S/Al.Ca.Cu.Fe.Mn.Sn.7H. The molecule has 0 nitrogen and oxygen atoms in total. The summed E-state index contributed by atoms with van der Waals surface area (Å²) in [6.07, 6.45) is 0. The molecule has 0 fully saturated rings. The zero-order valence-corrected chi connectivity index (χ0v) is 9.00. The van der Waals surface area contributed by atoms with Gasteiger partial charge in [0.2, 0.25) is 0 Å². The maximum atomic E-state index is 0. The molecule has 6 heavy (non-hydrogen) atoms. The van der Waals surface area contributed by atoms with Crippen LogP contribution in [0.25, 0.3) is 0 Å². The van der Waals surface area contributed by atoms with Gasteiger partial charge in [0.15, 0.2) is 17.4 Å². The van der Waals surface area contributed by atoms with E-state index in [9.17, 15) is 0 Å². The first-order chi connectivity index (χ1) is 0. The molecule has 0 rings (SSSR count). The summed E-state index contributed by atoms with van der Waals surface area (Å²) >= 11 is 0. The average molecular weight is 367 g/mol. The molecule has 0 spiro atoms. The van der Waals surface area contributed by atoms with Crippen molar-refractivity contribution in [2.24, 2.45) is 0 Å². The van der Waals surface area contributed by atoms with Crippen molar-refractivity contribution >= 4 is 79.0 Å². The van der Waals surface area contributed by atoms with E-state index >= 15 is 0 Å². The van der Waals surface area contributed by atoms with Gasteiger partial charge in [0.05, 0.1) is 0 Å². The monoisotopic (exact) mass is 368 g/mol. The van der Waals surface area contributed by atoms with Gasteiger partial charge in [-0.1, -0.05) is 0 Å². The van der Waals surface area contributed by atoms with Gasteiger partial charge in [-0.2, -0.15) is 0 Å². The van der Waals surface area contributed by atoms with Gasteiger partial charge in [-0.3, -0.25) is 0 Å². The molecule has 0 atom stereocenters. The Labute approximate surface area is 127 Å². The Balaban J connectivity index is 0. The molecule has 0 aliphatic carbocycles. The average Bonchev–Trinajstić information content (AvgIpc) is 0. The predicted molar refractivity (Wildman–Crippen MR) is 27.0 cm³/mol. The third-order valence-electron chi connectivity index (χ3n) is 0. The Morgan fingerprint density at radius 1 is 1.00 bits per heavy atom. The van der Waals surface area contributed by atoms with E-state index in [2.05, 4.69) is 0 Å². The summed E-state index contributed by atoms with van der Waals surface area (Å²) in [4.78, 5) is 0. The van der Waals surface area contributed by atoms with Gasteiger partial charge in [-0.15, -0.1) is 0 Å². The zero-order valence-electron chi connectivity index (χ0n) is 1.74. The van der Waals surface area contributed by atoms with E-state index in [1.807, 2.05) is 0 Å². The summed E-state index contributed by atoms with van der Waals surface area (Å²) in [5, 5.41) is 0. The molecule has 0 aliphatic rings. The first-order valence-electron chi connectivity index (χ1n) is 0. The van der Waals surface area contributed by atoms with Crippen LogP contribution in [0.2, 0.25) is 0 Å². The molecule has 0 amide bonds. The number of hydrogen-bond acceptors (Lipinski definition) is 0. The Morgan fingerprint density at radius 3 is 1.00 bits per heavy atom. The SMILES string of the molecule is [AlH3].[CaH2].[Cu].[Fe].[Mn].[SnH2]. The molecule has 0 heterocycles. The summed E-state index contributed by atoms with van der Waals surface area (Å²) in [6, 6.07) is 0. The van der Waals surface area contributed by atoms with Gasteiger partial charge >= 0.3 is 61.6 Å². The van der Waals surface area contributed by atoms with Crippen LogP contribution in [0, 0.1) is 0 Å². The quantitative estimate of drug-likeness (QED) is 0.400. The Kier molecular flexibility index (Phi) is 290. The van der Waals surface area contributed by atoms with Crippen LogP contribution in [-0.4, -0.2) is 79.0 Å². The van der Waals surface area contributed by atoms with Crippen LogP contribution in [-0.2, 0) is 51.2 Å². The summed E-state index contributed by atoms with van der Waals surface area (Å²) in [7, 11) is 0. The topological polar surface area (TPSA) is 0 Å². The van der Waals surface area contributed by atoms with Crippen molar-refractivity contribution in [2.75, 3.05) is 0 Å². The van der Waals surface area contributed by atoms with Crippen molar-refractivity contribution in [3.05, 3.63) is 0 Å². The second kappa shape index (κ2) is 35.3. The Morgan fingerprint density at radius 2 is 1.00 bits per heavy atom. The molecule has 0 aromatic rings. The molecular formula is H7AlCaCuFeMnSn. The van der Waals surface area contributed by atoms with Crippen molar-refractivity contribution in [1.29, 1.82) is 0 Å². The predicted octanol–water partition coefficient (Wildman–Crippen LogP) is -3.02. The van der Waals surface area contributed by atoms with E-state index in [-0.39, 0.29) is 130 Å². The van der Waals surface area contributed by atoms with Gasteiger partial charge in [0.25, 0.3) is 0 Å². The maximum absolute atomic E-state index is 0. The van der Waals surface area contributed by atoms with Crippen molar-refractivity contribution in [3.63, 3.8) is 0 Å². The minimum absolute atomic E-state index is 0. The number of hydrogen-bond donors (Lipinski definition) is 0. The van der Waals surface area contributed by atoms with Crippen molar-refractivity contribution in [1.82, 2.24) is 0 Å². The van der Waals surface area contributed by atoms with Gasteiger partial charge in [0.1, 0.15) is 0 Å². The molecule has 0 unspecified atom stereocenters. The molecule has 0 aromatic heterocycles. The Bertz CT molecular complexity index is 15.5. The molecule has 0 N–H and O–H groups in total. The van der Waals surface area contributed by atoms with Crippen molar-refractivity contribution < 1.29 is 51.2 Å². The second-order valence-electron chi connectivity index (χ2n) is 0. The second-order valence-corrected chi connectivity index (χ2v) is 0. The fraction of sp³-hybridized carbons (Fsp3) is 0. The van der Waals surface area contributed by atoms with Crippen LogP contribution in [0.15, 0.2) is 0 Å². The fourth-order valence-electron chi connectivity index (χ4n) is 0. The van der Waals surface area contributed by atoms with E-state index < -0.39 is 0 Å². The van der Waals surface area contributed by atoms with E-state index in [0.717, 1.165) is 0 Å². The van der Waals surface area contributed by atoms with Crippen LogP contribution >= 0.6 is 0 Å². The first-order valence-corrected chi connectivity index (χ1v) is 0. The third-order valence-corrected chi connectivity index (χ3v) is 0. The summed E-state index contributed by atoms with van der Waals surface area (Å²) in [5.41, 5.74) is 0. The zero-order chi connectivity index (χ0) is 0. The molecule has 0 bridgehead atoms. The summed E-state index contributed by atoms with van der Waals surface area (Å²) < 4.78 is 0. The molecule has 0 aliphatic heterocycles. The molecule has 6 heteroatoms. The minimum atomic E-state index is 0. The molecule has 42 valence electrons. The molecule has 0 saturated heterocycles. The van der Waals surface area contributed by atoms with Crippen LogP contribution in [0.1, 0.15) is 0 Å². The third kappa shape index (κ3) is 24.2. The number of rotatable bonds is 0. The summed E-state index contributed by atoms with van der Waals surface area (Å²) in [6.45, 7) is 0. The normalized spacial score (nSPS) is 0. The summed E-state index contributed by atoms with van der Waals surface area (Å²) in [5.74, 6) is 0. The van der Waals surface area contributed by atoms with E-state index in [4.69, 9.17) is 0 Å². The van der Waals surface area contributed by atoms with Gasteiger partial charge in [-0.25, -0.2) is 0 Å². The van der Waals surface area contributed by atoms with Gasteiger partial charge in [-0.05, 0) is 0 Å². The van der Waals surface area contributed by atoms with Crippen LogP contribution in [0.3, 0.4) is 0 Å². The van der Waals surface area contributed by atoms with E-state index in [0.29, 0.717) is 0 Å².